The molecule has 0 spiro atoms. The Morgan fingerprint density at radius 3 is 2.52 bits per heavy atom. The highest BCUT2D eigenvalue weighted by molar-refractivity contribution is 5.70. The Bertz CT molecular complexity index is 909. The lowest BCUT2D eigenvalue weighted by atomic mass is 9.92. The summed E-state index contributed by atoms with van der Waals surface area (Å²) in [5.41, 5.74) is 2.00. The van der Waals surface area contributed by atoms with Crippen LogP contribution in [0.25, 0.3) is 5.57 Å². The molecule has 2 aliphatic heterocycles. The van der Waals surface area contributed by atoms with Crippen molar-refractivity contribution in [1.82, 2.24) is 4.90 Å². The topological polar surface area (TPSA) is 27.0 Å². The first kappa shape index (κ1) is 17.8. The first-order chi connectivity index (χ1) is 12.9. The Morgan fingerprint density at radius 1 is 1.07 bits per heavy atom. The molecule has 5 heteroatoms. The summed E-state index contributed by atoms with van der Waals surface area (Å²) in [6.07, 6.45) is 0.431. The minimum atomic E-state index is -4.45. The van der Waals surface area contributed by atoms with Gasteiger partial charge in [-0.15, -0.1) is 0 Å². The summed E-state index contributed by atoms with van der Waals surface area (Å²) in [5.74, 6) is 0. The number of rotatable bonds is 3. The number of alkyl halides is 3. The van der Waals surface area contributed by atoms with Gasteiger partial charge in [0.2, 0.25) is 0 Å². The van der Waals surface area contributed by atoms with Crippen molar-refractivity contribution in [2.75, 3.05) is 0 Å². The van der Waals surface area contributed by atoms with Gasteiger partial charge in [-0.1, -0.05) is 36.4 Å². The van der Waals surface area contributed by atoms with Crippen LogP contribution >= 0.6 is 0 Å². The van der Waals surface area contributed by atoms with E-state index in [1.54, 1.807) is 6.07 Å². The molecule has 2 heterocycles. The van der Waals surface area contributed by atoms with Gasteiger partial charge in [-0.3, -0.25) is 4.90 Å². The van der Waals surface area contributed by atoms with E-state index in [1.165, 1.54) is 11.6 Å². The molecular weight excluding hydrogens is 349 g/mol. The molecule has 2 aliphatic rings. The van der Waals surface area contributed by atoms with E-state index >= 15 is 0 Å². The van der Waals surface area contributed by atoms with Gasteiger partial charge in [0, 0.05) is 18.6 Å². The van der Waals surface area contributed by atoms with E-state index in [1.807, 2.05) is 24.3 Å². The van der Waals surface area contributed by atoms with E-state index in [0.29, 0.717) is 11.6 Å². The van der Waals surface area contributed by atoms with Gasteiger partial charge < -0.3 is 0 Å². The average Bonchev–Trinajstić information content (AvgIpc) is 2.89. The zero-order valence-electron chi connectivity index (χ0n) is 14.7. The number of benzene rings is 2. The summed E-state index contributed by atoms with van der Waals surface area (Å²) in [4.78, 5) is 2.44. The maximum absolute atomic E-state index is 13.2. The van der Waals surface area contributed by atoms with E-state index < -0.39 is 11.7 Å². The second-order valence-electron chi connectivity index (χ2n) is 7.26. The van der Waals surface area contributed by atoms with Crippen LogP contribution < -0.4 is 0 Å². The van der Waals surface area contributed by atoms with Crippen molar-refractivity contribution in [1.29, 1.82) is 5.26 Å². The van der Waals surface area contributed by atoms with Crippen LogP contribution in [0.4, 0.5) is 13.2 Å². The lowest BCUT2D eigenvalue weighted by Crippen LogP contribution is -2.37. The highest BCUT2D eigenvalue weighted by Crippen LogP contribution is 2.41. The molecule has 0 radical (unpaired) electrons. The molecule has 4 rings (SSSR count). The predicted molar refractivity (Wildman–Crippen MR) is 97.5 cm³/mol. The van der Waals surface area contributed by atoms with Gasteiger partial charge in [-0.05, 0) is 54.2 Å². The second-order valence-corrected chi connectivity index (χ2v) is 7.26. The SMILES string of the molecule is N#Cc1cc(C2=CC3CCC(C2)N3Cc2ccccc2)cc(C(F)(F)F)c1. The van der Waals surface area contributed by atoms with Crippen molar-refractivity contribution >= 4 is 5.57 Å². The zero-order valence-corrected chi connectivity index (χ0v) is 14.7. The predicted octanol–water partition coefficient (Wildman–Crippen LogP) is 5.40. The van der Waals surface area contributed by atoms with Crippen LogP contribution in [0.5, 0.6) is 0 Å². The van der Waals surface area contributed by atoms with Crippen molar-refractivity contribution in [2.45, 2.75) is 44.1 Å². The van der Waals surface area contributed by atoms with Crippen LogP contribution in [-0.4, -0.2) is 17.0 Å². The van der Waals surface area contributed by atoms with Gasteiger partial charge in [0.25, 0.3) is 0 Å². The van der Waals surface area contributed by atoms with Crippen LogP contribution in [0.15, 0.2) is 54.6 Å². The molecule has 2 aromatic rings. The van der Waals surface area contributed by atoms with Gasteiger partial charge >= 0.3 is 6.18 Å². The molecule has 0 saturated carbocycles. The molecule has 1 saturated heterocycles. The summed E-state index contributed by atoms with van der Waals surface area (Å²) in [5, 5.41) is 9.13. The molecule has 0 aliphatic carbocycles. The quantitative estimate of drug-likeness (QED) is 0.726. The smallest absolute Gasteiger partial charge is 0.289 e. The van der Waals surface area contributed by atoms with Gasteiger partial charge in [-0.2, -0.15) is 18.4 Å². The fourth-order valence-corrected chi connectivity index (χ4v) is 4.21. The molecule has 2 bridgehead atoms. The summed E-state index contributed by atoms with van der Waals surface area (Å²) in [6.45, 7) is 0.853. The van der Waals surface area contributed by atoms with Crippen LogP contribution in [0.1, 0.15) is 41.5 Å². The third kappa shape index (κ3) is 3.63. The van der Waals surface area contributed by atoms with Crippen LogP contribution in [-0.2, 0) is 12.7 Å². The van der Waals surface area contributed by atoms with Crippen LogP contribution in [0, 0.1) is 11.3 Å². The molecule has 138 valence electrons. The number of fused-ring (bicyclic) bond motifs is 2. The third-order valence-electron chi connectivity index (χ3n) is 5.51. The zero-order chi connectivity index (χ0) is 19.0. The van der Waals surface area contributed by atoms with Crippen molar-refractivity contribution in [3.8, 4) is 6.07 Å². The highest BCUT2D eigenvalue weighted by atomic mass is 19.4. The monoisotopic (exact) mass is 368 g/mol. The molecule has 27 heavy (non-hydrogen) atoms. The first-order valence-electron chi connectivity index (χ1n) is 9.07. The minimum absolute atomic E-state index is 0.0554. The Morgan fingerprint density at radius 2 is 1.85 bits per heavy atom. The Balaban J connectivity index is 1.63. The number of hydrogen-bond acceptors (Lipinski definition) is 2. The van der Waals surface area contributed by atoms with Crippen molar-refractivity contribution in [3.05, 3.63) is 76.9 Å². The molecule has 2 unspecified atom stereocenters. The Hall–Kier alpha value is -2.58. The third-order valence-corrected chi connectivity index (χ3v) is 5.51. The highest BCUT2D eigenvalue weighted by Gasteiger charge is 2.37. The van der Waals surface area contributed by atoms with Crippen LogP contribution in [0.2, 0.25) is 0 Å². The molecule has 1 fully saturated rings. The van der Waals surface area contributed by atoms with Crippen LogP contribution in [0.3, 0.4) is 0 Å². The number of nitriles is 1. The molecule has 0 aromatic heterocycles. The van der Waals surface area contributed by atoms with Crippen molar-refractivity contribution in [2.24, 2.45) is 0 Å². The van der Waals surface area contributed by atoms with E-state index in [2.05, 4.69) is 23.1 Å². The second kappa shape index (κ2) is 6.86. The minimum Gasteiger partial charge on any atom is -0.289 e. The van der Waals surface area contributed by atoms with E-state index in [9.17, 15) is 13.2 Å². The van der Waals surface area contributed by atoms with E-state index in [0.717, 1.165) is 37.4 Å². The standard InChI is InChI=1S/C22H19F3N2/c23-22(24,25)19-9-16(13-26)8-17(10-19)18-11-20-6-7-21(12-18)27(20)14-15-4-2-1-3-5-15/h1-5,8-11,20-21H,6-7,12,14H2. The average molecular weight is 368 g/mol. The molecule has 2 atom stereocenters. The lowest BCUT2D eigenvalue weighted by molar-refractivity contribution is -0.137. The van der Waals surface area contributed by atoms with Gasteiger partial charge in [0.15, 0.2) is 0 Å². The maximum Gasteiger partial charge on any atom is 0.416 e. The molecule has 0 N–H and O–H groups in total. The molecule has 0 amide bonds. The fourth-order valence-electron chi connectivity index (χ4n) is 4.21. The number of halogens is 3. The number of hydrogen-bond donors (Lipinski definition) is 0. The summed E-state index contributed by atoms with van der Waals surface area (Å²) < 4.78 is 39.6. The van der Waals surface area contributed by atoms with Crippen molar-refractivity contribution < 1.29 is 13.2 Å². The fraction of sp³-hybridized carbons (Fsp3) is 0.318. The molecule has 2 aromatic carbocycles. The van der Waals surface area contributed by atoms with E-state index in [-0.39, 0.29) is 11.6 Å². The molecule has 2 nitrogen and oxygen atoms in total. The summed E-state index contributed by atoms with van der Waals surface area (Å²) in [7, 11) is 0. The maximum atomic E-state index is 13.2. The van der Waals surface area contributed by atoms with Crippen molar-refractivity contribution in [3.63, 3.8) is 0 Å². The molecular formula is C22H19F3N2. The number of nitrogens with zero attached hydrogens (tertiary/aromatic N) is 2. The van der Waals surface area contributed by atoms with Gasteiger partial charge in [0.1, 0.15) is 0 Å². The lowest BCUT2D eigenvalue weighted by Gasteiger charge is -2.34. The van der Waals surface area contributed by atoms with Gasteiger partial charge in [-0.25, -0.2) is 0 Å². The Kier molecular flexibility index (Phi) is 4.53. The Labute approximate surface area is 156 Å². The summed E-state index contributed by atoms with van der Waals surface area (Å²) in [6, 6.07) is 16.3. The van der Waals surface area contributed by atoms with Gasteiger partial charge in [0.05, 0.1) is 17.2 Å². The largest absolute Gasteiger partial charge is 0.416 e. The van der Waals surface area contributed by atoms with E-state index in [4.69, 9.17) is 5.26 Å². The normalized spacial score (nSPS) is 22.4. The summed E-state index contributed by atoms with van der Waals surface area (Å²) >= 11 is 0. The first-order valence-corrected chi connectivity index (χ1v) is 9.07.